The zero-order valence-corrected chi connectivity index (χ0v) is 21.6. The Bertz CT molecular complexity index is 1360. The van der Waals surface area contributed by atoms with Gasteiger partial charge in [0.2, 0.25) is 5.75 Å². The molecule has 13 heteroatoms. The molecule has 2 heterocycles. The van der Waals surface area contributed by atoms with Gasteiger partial charge in [0.05, 0.1) is 5.97 Å². The minimum Gasteiger partial charge on any atom is -0.550 e. The molecule has 2 atom stereocenters. The second-order valence-corrected chi connectivity index (χ2v) is 7.24. The molecular formula is C23H18O12Zn. The molecule has 2 aromatic carbocycles. The van der Waals surface area contributed by atoms with Gasteiger partial charge in [0.25, 0.3) is 0 Å². The average Bonchev–Trinajstić information content (AvgIpc) is 2.78. The Morgan fingerprint density at radius 1 is 1.06 bits per heavy atom. The molecule has 36 heavy (non-hydrogen) atoms. The van der Waals surface area contributed by atoms with Crippen molar-refractivity contribution in [2.24, 2.45) is 0 Å². The minimum atomic E-state index is -1.83. The third-order valence-electron chi connectivity index (χ3n) is 4.65. The molecule has 1 aliphatic rings. The van der Waals surface area contributed by atoms with Crippen molar-refractivity contribution in [3.05, 3.63) is 64.4 Å². The predicted octanol–water partition coefficient (Wildman–Crippen LogP) is -0.370. The molecule has 0 saturated heterocycles. The summed E-state index contributed by atoms with van der Waals surface area (Å²) in [6.45, 7) is 0.972. The molecule has 4 rings (SSSR count). The molecule has 0 spiro atoms. The number of carbonyl (C=O) groups is 2. The number of aliphatic hydroxyl groups excluding tert-OH is 2. The Labute approximate surface area is 215 Å². The summed E-state index contributed by atoms with van der Waals surface area (Å²) in [6.07, 6.45) is -3.92. The van der Waals surface area contributed by atoms with Crippen LogP contribution in [0.3, 0.4) is 0 Å². The van der Waals surface area contributed by atoms with E-state index in [1.54, 1.807) is 30.3 Å². The SMILES string of the molecule is CC(=O)[O-].O=C([O-])[C@H]1OC(Oc2cc3oc(-c4ccccc4)cc(=O)c3c(O)c2O)=C(O)C[C@@H]1O.[Zn+2]. The molecule has 0 fully saturated rings. The van der Waals surface area contributed by atoms with Crippen molar-refractivity contribution in [1.29, 1.82) is 0 Å². The fourth-order valence-corrected chi connectivity index (χ4v) is 3.13. The van der Waals surface area contributed by atoms with Gasteiger partial charge in [-0.25, -0.2) is 0 Å². The number of carboxylic acids is 2. The first-order valence-corrected chi connectivity index (χ1v) is 9.91. The number of hydrogen-bond donors (Lipinski definition) is 4. The first-order valence-electron chi connectivity index (χ1n) is 9.91. The Kier molecular flexibility index (Phi) is 9.04. The molecule has 0 unspecified atom stereocenters. The number of fused-ring (bicyclic) bond motifs is 1. The van der Waals surface area contributed by atoms with Gasteiger partial charge >= 0.3 is 25.4 Å². The maximum absolute atomic E-state index is 12.5. The number of ether oxygens (including phenoxy) is 2. The van der Waals surface area contributed by atoms with E-state index in [9.17, 15) is 35.1 Å². The number of aliphatic carboxylic acids is 2. The summed E-state index contributed by atoms with van der Waals surface area (Å²) in [5, 5.41) is 59.8. The van der Waals surface area contributed by atoms with Gasteiger partial charge in [-0.15, -0.1) is 0 Å². The first-order chi connectivity index (χ1) is 16.5. The second-order valence-electron chi connectivity index (χ2n) is 7.24. The van der Waals surface area contributed by atoms with Crippen LogP contribution < -0.4 is 20.4 Å². The topological polar surface area (TPSA) is 210 Å². The van der Waals surface area contributed by atoms with Crippen LogP contribution in [0.15, 0.2) is 63.4 Å². The maximum atomic E-state index is 12.5. The number of aromatic hydroxyl groups is 2. The molecular weight excluding hydrogens is 534 g/mol. The summed E-state index contributed by atoms with van der Waals surface area (Å²) in [5.74, 6) is -6.21. The maximum Gasteiger partial charge on any atom is 2.00 e. The zero-order chi connectivity index (χ0) is 25.9. The minimum absolute atomic E-state index is 0. The summed E-state index contributed by atoms with van der Waals surface area (Å²) >= 11 is 0. The van der Waals surface area contributed by atoms with Crippen molar-refractivity contribution in [1.82, 2.24) is 0 Å². The van der Waals surface area contributed by atoms with Gasteiger partial charge in [-0.1, -0.05) is 30.3 Å². The number of benzene rings is 2. The number of carbonyl (C=O) groups excluding carboxylic acids is 2. The Morgan fingerprint density at radius 2 is 1.67 bits per heavy atom. The zero-order valence-electron chi connectivity index (χ0n) is 18.7. The summed E-state index contributed by atoms with van der Waals surface area (Å²) in [5.41, 5.74) is -0.196. The molecule has 0 aliphatic carbocycles. The number of hydrogen-bond acceptors (Lipinski definition) is 12. The van der Waals surface area contributed by atoms with Crippen molar-refractivity contribution in [3.8, 4) is 28.6 Å². The van der Waals surface area contributed by atoms with Crippen LogP contribution in [0, 0.1) is 0 Å². The number of aliphatic hydroxyl groups is 2. The molecule has 4 N–H and O–H groups in total. The fraction of sp³-hybridized carbons (Fsp3) is 0.174. The van der Waals surface area contributed by atoms with E-state index in [0.717, 1.165) is 19.1 Å². The molecule has 1 aromatic heterocycles. The molecule has 3 aromatic rings. The Hall–Kier alpha value is -4.09. The molecule has 0 amide bonds. The largest absolute Gasteiger partial charge is 2.00 e. The quantitative estimate of drug-likeness (QED) is 0.242. The van der Waals surface area contributed by atoms with E-state index in [4.69, 9.17) is 23.8 Å². The van der Waals surface area contributed by atoms with Crippen molar-refractivity contribution in [2.75, 3.05) is 0 Å². The van der Waals surface area contributed by atoms with Crippen molar-refractivity contribution in [2.45, 2.75) is 25.6 Å². The van der Waals surface area contributed by atoms with Gasteiger partial charge in [0.15, 0.2) is 28.8 Å². The van der Waals surface area contributed by atoms with Crippen LogP contribution in [-0.2, 0) is 33.8 Å². The molecule has 1 aliphatic heterocycles. The smallest absolute Gasteiger partial charge is 0.550 e. The van der Waals surface area contributed by atoms with Crippen LogP contribution in [0.1, 0.15) is 13.3 Å². The standard InChI is InChI=1S/C21H16O10.C2H4O2.Zn/c22-10-7-13(9-4-2-1-3-5-9)29-14-8-15(17(25)18(26)16(10)14)30-21-12(24)6-11(23)19(31-21)20(27)28;1-2(3)4;/h1-5,7-8,11,19,23-26H,6H2,(H,27,28);1H3,(H,3,4);/q;;+2/p-2/t11-,19-;;/m0../s1. The van der Waals surface area contributed by atoms with Crippen molar-refractivity contribution >= 4 is 22.9 Å². The molecule has 184 valence electrons. The van der Waals surface area contributed by atoms with Crippen molar-refractivity contribution < 1.29 is 73.6 Å². The summed E-state index contributed by atoms with van der Waals surface area (Å²) in [7, 11) is 0. The van der Waals surface area contributed by atoms with Gasteiger partial charge in [-0.05, 0) is 6.92 Å². The van der Waals surface area contributed by atoms with Crippen LogP contribution in [-0.4, -0.2) is 44.6 Å². The van der Waals surface area contributed by atoms with E-state index in [0.29, 0.717) is 5.56 Å². The first kappa shape index (κ1) is 28.2. The van der Waals surface area contributed by atoms with Crippen LogP contribution in [0.5, 0.6) is 17.2 Å². The third kappa shape index (κ3) is 6.12. The normalized spacial score (nSPS) is 16.7. The molecule has 0 saturated carbocycles. The van der Waals surface area contributed by atoms with E-state index in [-0.39, 0.29) is 36.2 Å². The van der Waals surface area contributed by atoms with E-state index < -0.39 is 64.9 Å². The van der Waals surface area contributed by atoms with Crippen LogP contribution in [0.2, 0.25) is 0 Å². The van der Waals surface area contributed by atoms with E-state index in [2.05, 4.69) is 0 Å². The third-order valence-corrected chi connectivity index (χ3v) is 4.65. The molecule has 12 nitrogen and oxygen atoms in total. The Morgan fingerprint density at radius 3 is 2.25 bits per heavy atom. The summed E-state index contributed by atoms with van der Waals surface area (Å²) in [6, 6.07) is 10.9. The van der Waals surface area contributed by atoms with Crippen molar-refractivity contribution in [3.63, 3.8) is 0 Å². The molecule has 0 bridgehead atoms. The average molecular weight is 552 g/mol. The van der Waals surface area contributed by atoms with E-state index in [1.807, 2.05) is 0 Å². The molecule has 0 radical (unpaired) electrons. The van der Waals surface area contributed by atoms with Crippen LogP contribution >= 0.6 is 0 Å². The van der Waals surface area contributed by atoms with Crippen LogP contribution in [0.25, 0.3) is 22.3 Å². The van der Waals surface area contributed by atoms with E-state index >= 15 is 0 Å². The van der Waals surface area contributed by atoms with Crippen LogP contribution in [0.4, 0.5) is 0 Å². The van der Waals surface area contributed by atoms with Gasteiger partial charge in [0, 0.05) is 30.1 Å². The fourth-order valence-electron chi connectivity index (χ4n) is 3.13. The van der Waals surface area contributed by atoms with Gasteiger partial charge < -0.3 is 54.1 Å². The number of phenols is 2. The number of phenolic OH excluding ortho intramolecular Hbond substituents is 2. The summed E-state index contributed by atoms with van der Waals surface area (Å²) in [4.78, 5) is 32.5. The number of rotatable bonds is 4. The second kappa shape index (κ2) is 11.6. The predicted molar refractivity (Wildman–Crippen MR) is 113 cm³/mol. The monoisotopic (exact) mass is 550 g/mol. The van der Waals surface area contributed by atoms with Gasteiger partial charge in [-0.2, -0.15) is 0 Å². The van der Waals surface area contributed by atoms with Gasteiger partial charge in [0.1, 0.15) is 22.8 Å². The number of carboxylic acid groups (broad SMARTS) is 2. The van der Waals surface area contributed by atoms with Gasteiger partial charge in [-0.3, -0.25) is 4.79 Å². The van der Waals surface area contributed by atoms with E-state index in [1.165, 1.54) is 0 Å². The Balaban J connectivity index is 0.000000850. The summed E-state index contributed by atoms with van der Waals surface area (Å²) < 4.78 is 15.8.